The van der Waals surface area contributed by atoms with Crippen LogP contribution in [0.4, 0.5) is 0 Å². The number of hydrogen-bond acceptors (Lipinski definition) is 3. The Kier molecular flexibility index (Phi) is 4.75. The maximum Gasteiger partial charge on any atom is 0.139 e. The lowest BCUT2D eigenvalue weighted by Crippen LogP contribution is -2.57. The van der Waals surface area contributed by atoms with Gasteiger partial charge in [0.1, 0.15) is 5.78 Å². The van der Waals surface area contributed by atoms with Gasteiger partial charge in [-0.3, -0.25) is 4.79 Å². The third-order valence-corrected chi connectivity index (χ3v) is 6.76. The molecule has 5 atom stereocenters. The van der Waals surface area contributed by atoms with Gasteiger partial charge in [-0.15, -0.1) is 0 Å². The van der Waals surface area contributed by atoms with Crippen molar-refractivity contribution in [2.75, 3.05) is 0 Å². The summed E-state index contributed by atoms with van der Waals surface area (Å²) in [6.45, 7) is 2.10. The summed E-state index contributed by atoms with van der Waals surface area (Å²) in [5.74, 6) is 1.09. The number of ketones is 1. The molecule has 0 aromatic carbocycles. The van der Waals surface area contributed by atoms with Gasteiger partial charge in [0.05, 0.1) is 12.2 Å². The molecule has 3 nitrogen and oxygen atoms in total. The van der Waals surface area contributed by atoms with Crippen molar-refractivity contribution in [2.45, 2.75) is 76.9 Å². The van der Waals surface area contributed by atoms with Gasteiger partial charge in [-0.2, -0.15) is 0 Å². The van der Waals surface area contributed by atoms with Crippen molar-refractivity contribution in [3.63, 3.8) is 0 Å². The number of Topliss-reactive ketones (excluding diaryl/α,β-unsaturated/α-hetero) is 1. The van der Waals surface area contributed by atoms with Gasteiger partial charge in [-0.05, 0) is 43.9 Å². The van der Waals surface area contributed by atoms with Crippen molar-refractivity contribution in [1.29, 1.82) is 0 Å². The molecular formula is C19H30O3. The second-order valence-electron chi connectivity index (χ2n) is 7.70. The lowest BCUT2D eigenvalue weighted by Gasteiger charge is -2.55. The summed E-state index contributed by atoms with van der Waals surface area (Å²) >= 11 is 0. The number of carbonyl (C=O) groups is 1. The molecule has 22 heavy (non-hydrogen) atoms. The van der Waals surface area contributed by atoms with E-state index in [9.17, 15) is 15.0 Å². The number of aliphatic hydroxyl groups excluding tert-OH is 2. The van der Waals surface area contributed by atoms with Crippen LogP contribution in [-0.4, -0.2) is 28.2 Å². The smallest absolute Gasteiger partial charge is 0.139 e. The van der Waals surface area contributed by atoms with Crippen molar-refractivity contribution in [3.8, 4) is 0 Å². The minimum absolute atomic E-state index is 0.0460. The molecule has 0 aliphatic heterocycles. The maximum absolute atomic E-state index is 12.1. The second-order valence-corrected chi connectivity index (χ2v) is 7.70. The van der Waals surface area contributed by atoms with Gasteiger partial charge in [0, 0.05) is 17.8 Å². The van der Waals surface area contributed by atoms with Crippen LogP contribution in [0.15, 0.2) is 12.2 Å². The molecule has 124 valence electrons. The van der Waals surface area contributed by atoms with Crippen LogP contribution in [0.25, 0.3) is 0 Å². The number of hydrogen-bond donors (Lipinski definition) is 2. The first-order chi connectivity index (χ1) is 10.6. The van der Waals surface area contributed by atoms with E-state index in [1.165, 1.54) is 19.3 Å². The molecule has 3 aliphatic carbocycles. The molecule has 0 unspecified atom stereocenters. The molecule has 0 saturated heterocycles. The Labute approximate surface area is 133 Å². The van der Waals surface area contributed by atoms with Crippen molar-refractivity contribution >= 4 is 5.78 Å². The first-order valence-corrected chi connectivity index (χ1v) is 9.16. The third kappa shape index (κ3) is 2.67. The third-order valence-electron chi connectivity index (χ3n) is 6.76. The Bertz CT molecular complexity index is 438. The van der Waals surface area contributed by atoms with E-state index in [1.807, 2.05) is 12.2 Å². The Morgan fingerprint density at radius 3 is 2.64 bits per heavy atom. The molecule has 3 fully saturated rings. The van der Waals surface area contributed by atoms with Crippen molar-refractivity contribution < 1.29 is 15.0 Å². The summed E-state index contributed by atoms with van der Waals surface area (Å²) in [6, 6.07) is 0. The average Bonchev–Trinajstić information content (AvgIpc) is 2.54. The molecule has 2 N–H and O–H groups in total. The fourth-order valence-electron chi connectivity index (χ4n) is 5.14. The van der Waals surface area contributed by atoms with Crippen LogP contribution >= 0.6 is 0 Å². The van der Waals surface area contributed by atoms with Gasteiger partial charge >= 0.3 is 0 Å². The van der Waals surface area contributed by atoms with Crippen molar-refractivity contribution in [2.24, 2.45) is 23.2 Å². The van der Waals surface area contributed by atoms with Gasteiger partial charge in [-0.25, -0.2) is 0 Å². The van der Waals surface area contributed by atoms with Crippen molar-refractivity contribution in [3.05, 3.63) is 12.2 Å². The minimum atomic E-state index is -0.388. The monoisotopic (exact) mass is 306 g/mol. The standard InChI is InChI=1S/C19H30O3/c1-2-19-11-10-17(21)14(15(19)12-18(19)22)8-9-16(20)13-6-4-3-5-7-13/h8-9,13-17,20-21H,2-7,10-12H2,1H3/t14-,15-,16+,17-,19+/m0/s1. The summed E-state index contributed by atoms with van der Waals surface area (Å²) in [4.78, 5) is 12.1. The molecule has 0 aromatic rings. The van der Waals surface area contributed by atoms with E-state index in [1.54, 1.807) is 0 Å². The van der Waals surface area contributed by atoms with Gasteiger partial charge < -0.3 is 10.2 Å². The summed E-state index contributed by atoms with van der Waals surface area (Å²) < 4.78 is 0. The lowest BCUT2D eigenvalue weighted by atomic mass is 9.48. The number of rotatable bonds is 4. The number of carbonyl (C=O) groups excluding carboxylic acids is 1. The molecule has 3 saturated carbocycles. The Morgan fingerprint density at radius 2 is 2.00 bits per heavy atom. The predicted octanol–water partition coefficient (Wildman–Crippen LogP) is 3.24. The first-order valence-electron chi connectivity index (χ1n) is 9.16. The quantitative estimate of drug-likeness (QED) is 0.784. The zero-order valence-corrected chi connectivity index (χ0v) is 13.7. The largest absolute Gasteiger partial charge is 0.393 e. The Hall–Kier alpha value is -0.670. The van der Waals surface area contributed by atoms with Gasteiger partial charge in [0.25, 0.3) is 0 Å². The topological polar surface area (TPSA) is 57.5 Å². The van der Waals surface area contributed by atoms with E-state index in [0.717, 1.165) is 25.7 Å². The molecular weight excluding hydrogens is 276 g/mol. The lowest BCUT2D eigenvalue weighted by molar-refractivity contribution is -0.160. The maximum atomic E-state index is 12.1. The van der Waals surface area contributed by atoms with Crippen molar-refractivity contribution in [1.82, 2.24) is 0 Å². The fourth-order valence-corrected chi connectivity index (χ4v) is 5.14. The average molecular weight is 306 g/mol. The molecule has 3 rings (SSSR count). The molecule has 0 amide bonds. The summed E-state index contributed by atoms with van der Waals surface area (Å²) in [5.41, 5.74) is -0.177. The Morgan fingerprint density at radius 1 is 1.27 bits per heavy atom. The molecule has 0 bridgehead atoms. The van der Waals surface area contributed by atoms with E-state index < -0.39 is 0 Å². The number of aliphatic hydroxyl groups is 2. The van der Waals surface area contributed by atoms with Crippen LogP contribution in [0.5, 0.6) is 0 Å². The molecule has 3 aliphatic rings. The van der Waals surface area contributed by atoms with Crippen LogP contribution in [0.3, 0.4) is 0 Å². The first kappa shape index (κ1) is 16.2. The molecule has 0 heterocycles. The minimum Gasteiger partial charge on any atom is -0.393 e. The highest BCUT2D eigenvalue weighted by Crippen LogP contribution is 2.57. The number of fused-ring (bicyclic) bond motifs is 1. The van der Waals surface area contributed by atoms with Gasteiger partial charge in [0.2, 0.25) is 0 Å². The van der Waals surface area contributed by atoms with E-state index in [2.05, 4.69) is 6.92 Å². The van der Waals surface area contributed by atoms with E-state index in [0.29, 0.717) is 24.5 Å². The highest BCUT2D eigenvalue weighted by molar-refractivity contribution is 5.91. The summed E-state index contributed by atoms with van der Waals surface area (Å²) in [7, 11) is 0. The zero-order valence-electron chi connectivity index (χ0n) is 13.7. The zero-order chi connectivity index (χ0) is 15.7. The molecule has 0 radical (unpaired) electrons. The molecule has 0 spiro atoms. The van der Waals surface area contributed by atoms with Gasteiger partial charge in [0.15, 0.2) is 0 Å². The Balaban J connectivity index is 1.67. The van der Waals surface area contributed by atoms with E-state index >= 15 is 0 Å². The summed E-state index contributed by atoms with van der Waals surface area (Å²) in [6.07, 6.45) is 12.2. The van der Waals surface area contributed by atoms with Gasteiger partial charge in [-0.1, -0.05) is 38.3 Å². The SMILES string of the molecule is CC[C@@]12CC[C@H](O)[C@@H](C=C[C@@H](O)C3CCCCC3)[C@@H]1CC2=O. The van der Waals surface area contributed by atoms with Crippen LogP contribution in [0.1, 0.15) is 64.7 Å². The van der Waals surface area contributed by atoms with Crippen LogP contribution in [0, 0.1) is 23.2 Å². The van der Waals surface area contributed by atoms with E-state index in [4.69, 9.17) is 0 Å². The normalized spacial score (nSPS) is 41.2. The summed E-state index contributed by atoms with van der Waals surface area (Å²) in [5, 5.41) is 20.8. The van der Waals surface area contributed by atoms with Crippen LogP contribution in [0.2, 0.25) is 0 Å². The highest BCUT2D eigenvalue weighted by atomic mass is 16.3. The molecule has 0 aromatic heterocycles. The van der Waals surface area contributed by atoms with Crippen LogP contribution in [-0.2, 0) is 4.79 Å². The van der Waals surface area contributed by atoms with Crippen LogP contribution < -0.4 is 0 Å². The molecule has 3 heteroatoms. The van der Waals surface area contributed by atoms with E-state index in [-0.39, 0.29) is 29.5 Å². The predicted molar refractivity (Wildman–Crippen MR) is 86.3 cm³/mol. The highest BCUT2D eigenvalue weighted by Gasteiger charge is 2.58. The fraction of sp³-hybridized carbons (Fsp3) is 0.842. The second kappa shape index (κ2) is 6.45.